The zero-order valence-electron chi connectivity index (χ0n) is 12.7. The zero-order chi connectivity index (χ0) is 15.5. The van der Waals surface area contributed by atoms with Gasteiger partial charge >= 0.3 is 5.97 Å². The molecule has 1 fully saturated rings. The van der Waals surface area contributed by atoms with Crippen molar-refractivity contribution in [2.75, 3.05) is 18.6 Å². The van der Waals surface area contributed by atoms with Gasteiger partial charge in [0, 0.05) is 5.75 Å². The quantitative estimate of drug-likeness (QED) is 0.874. The fraction of sp³-hybridized carbons (Fsp3) is 0.562. The van der Waals surface area contributed by atoms with Crippen molar-refractivity contribution in [3.63, 3.8) is 0 Å². The molecule has 1 unspecified atom stereocenters. The summed E-state index contributed by atoms with van der Waals surface area (Å²) in [6, 6.07) is 5.68. The average Bonchev–Trinajstić information content (AvgIpc) is 2.93. The second kappa shape index (κ2) is 6.60. The van der Waals surface area contributed by atoms with E-state index in [0.29, 0.717) is 12.2 Å². The van der Waals surface area contributed by atoms with Gasteiger partial charge in [0.2, 0.25) is 0 Å². The monoisotopic (exact) mass is 310 g/mol. The number of thioether (sulfide) groups is 1. The molecule has 1 aromatic carbocycles. The Labute approximate surface area is 129 Å². The Kier molecular flexibility index (Phi) is 5.04. The van der Waals surface area contributed by atoms with Crippen molar-refractivity contribution in [1.82, 2.24) is 0 Å². The maximum absolute atomic E-state index is 11.2. The van der Waals surface area contributed by atoms with Crippen molar-refractivity contribution >= 4 is 17.7 Å². The molecule has 0 radical (unpaired) electrons. The standard InChI is InChI=1S/C16H22O4S/c1-16(2,15(17)18)9-11-4-5-13(14(8-11)19-3)20-12-6-7-21-10-12/h4-5,8,12H,6-7,9-10H2,1-3H3,(H,17,18). The van der Waals surface area contributed by atoms with Gasteiger partial charge in [0.25, 0.3) is 0 Å². The highest BCUT2D eigenvalue weighted by molar-refractivity contribution is 7.99. The molecular formula is C16H22O4S. The van der Waals surface area contributed by atoms with E-state index in [4.69, 9.17) is 9.47 Å². The number of rotatable bonds is 6. The first-order chi connectivity index (χ1) is 9.92. The van der Waals surface area contributed by atoms with Gasteiger partial charge in [-0.1, -0.05) is 6.07 Å². The maximum Gasteiger partial charge on any atom is 0.309 e. The molecule has 0 aromatic heterocycles. The van der Waals surface area contributed by atoms with Gasteiger partial charge < -0.3 is 14.6 Å². The van der Waals surface area contributed by atoms with Crippen molar-refractivity contribution in [2.45, 2.75) is 32.8 Å². The van der Waals surface area contributed by atoms with Crippen LogP contribution in [0.4, 0.5) is 0 Å². The number of benzene rings is 1. The fourth-order valence-electron chi connectivity index (χ4n) is 2.29. The van der Waals surface area contributed by atoms with Gasteiger partial charge in [-0.15, -0.1) is 0 Å². The summed E-state index contributed by atoms with van der Waals surface area (Å²) in [5.41, 5.74) is 0.141. The molecule has 1 aromatic rings. The zero-order valence-corrected chi connectivity index (χ0v) is 13.5. The molecule has 21 heavy (non-hydrogen) atoms. The van der Waals surface area contributed by atoms with E-state index in [-0.39, 0.29) is 6.10 Å². The lowest BCUT2D eigenvalue weighted by Gasteiger charge is -2.20. The van der Waals surface area contributed by atoms with Crippen LogP contribution >= 0.6 is 11.8 Å². The van der Waals surface area contributed by atoms with Crippen molar-refractivity contribution < 1.29 is 19.4 Å². The molecule has 1 aliphatic heterocycles. The van der Waals surface area contributed by atoms with Crippen LogP contribution in [0, 0.1) is 5.41 Å². The summed E-state index contributed by atoms with van der Waals surface area (Å²) in [7, 11) is 1.61. The summed E-state index contributed by atoms with van der Waals surface area (Å²) in [4.78, 5) is 11.2. The molecule has 1 atom stereocenters. The highest BCUT2D eigenvalue weighted by Crippen LogP contribution is 2.33. The topological polar surface area (TPSA) is 55.8 Å². The normalized spacial score (nSPS) is 18.5. The Bertz CT molecular complexity index is 507. The summed E-state index contributed by atoms with van der Waals surface area (Å²) in [5.74, 6) is 2.76. The van der Waals surface area contributed by atoms with Crippen LogP contribution in [0.1, 0.15) is 25.8 Å². The molecule has 0 spiro atoms. The predicted octanol–water partition coefficient (Wildman–Crippen LogP) is 3.23. The van der Waals surface area contributed by atoms with E-state index in [1.807, 2.05) is 30.0 Å². The summed E-state index contributed by atoms with van der Waals surface area (Å²) >= 11 is 1.90. The second-order valence-corrected chi connectivity index (χ2v) is 7.10. The van der Waals surface area contributed by atoms with Crippen molar-refractivity contribution in [3.8, 4) is 11.5 Å². The van der Waals surface area contributed by atoms with E-state index in [2.05, 4.69) is 0 Å². The van der Waals surface area contributed by atoms with Crippen LogP contribution in [-0.2, 0) is 11.2 Å². The highest BCUT2D eigenvalue weighted by Gasteiger charge is 2.28. The van der Waals surface area contributed by atoms with E-state index in [1.54, 1.807) is 21.0 Å². The van der Waals surface area contributed by atoms with E-state index >= 15 is 0 Å². The van der Waals surface area contributed by atoms with Crippen LogP contribution in [0.5, 0.6) is 11.5 Å². The number of hydrogen-bond donors (Lipinski definition) is 1. The van der Waals surface area contributed by atoms with Gasteiger partial charge in [-0.2, -0.15) is 11.8 Å². The fourth-order valence-corrected chi connectivity index (χ4v) is 3.38. The third kappa shape index (κ3) is 4.06. The van der Waals surface area contributed by atoms with Crippen molar-refractivity contribution in [1.29, 1.82) is 0 Å². The third-order valence-electron chi connectivity index (χ3n) is 3.63. The Morgan fingerprint density at radius 2 is 2.19 bits per heavy atom. The van der Waals surface area contributed by atoms with Gasteiger partial charge in [-0.05, 0) is 50.1 Å². The van der Waals surface area contributed by atoms with Gasteiger partial charge in [0.05, 0.1) is 12.5 Å². The minimum atomic E-state index is -0.801. The van der Waals surface area contributed by atoms with Crippen molar-refractivity contribution in [2.24, 2.45) is 5.41 Å². The van der Waals surface area contributed by atoms with Crippen LogP contribution < -0.4 is 9.47 Å². The number of carboxylic acids is 1. The average molecular weight is 310 g/mol. The van der Waals surface area contributed by atoms with Gasteiger partial charge in [-0.25, -0.2) is 0 Å². The summed E-state index contributed by atoms with van der Waals surface area (Å²) < 4.78 is 11.4. The minimum absolute atomic E-state index is 0.241. The molecule has 5 heteroatoms. The molecule has 1 saturated heterocycles. The number of ether oxygens (including phenoxy) is 2. The van der Waals surface area contributed by atoms with E-state index in [9.17, 15) is 9.90 Å². The van der Waals surface area contributed by atoms with Gasteiger partial charge in [-0.3, -0.25) is 4.79 Å². The number of methoxy groups -OCH3 is 1. The van der Waals surface area contributed by atoms with E-state index in [0.717, 1.165) is 29.2 Å². The number of aliphatic carboxylic acids is 1. The Hall–Kier alpha value is -1.36. The van der Waals surface area contributed by atoms with Crippen LogP contribution in [0.2, 0.25) is 0 Å². The molecule has 116 valence electrons. The van der Waals surface area contributed by atoms with E-state index in [1.165, 1.54) is 0 Å². The second-order valence-electron chi connectivity index (χ2n) is 5.95. The molecule has 1 heterocycles. The molecule has 0 amide bonds. The van der Waals surface area contributed by atoms with Crippen LogP contribution in [0.3, 0.4) is 0 Å². The number of carboxylic acid groups (broad SMARTS) is 1. The Balaban J connectivity index is 2.13. The summed E-state index contributed by atoms with van der Waals surface area (Å²) in [5, 5.41) is 9.22. The first-order valence-corrected chi connectivity index (χ1v) is 8.22. The Morgan fingerprint density at radius 1 is 1.43 bits per heavy atom. The van der Waals surface area contributed by atoms with Crippen LogP contribution in [-0.4, -0.2) is 35.8 Å². The van der Waals surface area contributed by atoms with Crippen LogP contribution in [0.25, 0.3) is 0 Å². The minimum Gasteiger partial charge on any atom is -0.493 e. The molecule has 0 aliphatic carbocycles. The lowest BCUT2D eigenvalue weighted by molar-refractivity contribution is -0.146. The largest absolute Gasteiger partial charge is 0.493 e. The Morgan fingerprint density at radius 3 is 2.76 bits per heavy atom. The highest BCUT2D eigenvalue weighted by atomic mass is 32.2. The first kappa shape index (κ1) is 16.0. The SMILES string of the molecule is COc1cc(CC(C)(C)C(=O)O)ccc1OC1CCSC1. The number of hydrogen-bond acceptors (Lipinski definition) is 4. The molecule has 1 aliphatic rings. The maximum atomic E-state index is 11.2. The van der Waals surface area contributed by atoms with Crippen LogP contribution in [0.15, 0.2) is 18.2 Å². The summed E-state index contributed by atoms with van der Waals surface area (Å²) in [6.07, 6.45) is 1.75. The summed E-state index contributed by atoms with van der Waals surface area (Å²) in [6.45, 7) is 3.45. The van der Waals surface area contributed by atoms with Crippen molar-refractivity contribution in [3.05, 3.63) is 23.8 Å². The molecule has 0 bridgehead atoms. The lowest BCUT2D eigenvalue weighted by Crippen LogP contribution is -2.26. The number of carbonyl (C=O) groups is 1. The predicted molar refractivity (Wildman–Crippen MR) is 84.5 cm³/mol. The molecule has 0 saturated carbocycles. The van der Waals surface area contributed by atoms with Gasteiger partial charge in [0.15, 0.2) is 11.5 Å². The first-order valence-electron chi connectivity index (χ1n) is 7.07. The lowest BCUT2D eigenvalue weighted by atomic mass is 9.86. The molecular weight excluding hydrogens is 288 g/mol. The van der Waals surface area contributed by atoms with E-state index < -0.39 is 11.4 Å². The smallest absolute Gasteiger partial charge is 0.309 e. The molecule has 4 nitrogen and oxygen atoms in total. The molecule has 1 N–H and O–H groups in total. The van der Waals surface area contributed by atoms with Gasteiger partial charge in [0.1, 0.15) is 6.10 Å². The molecule has 2 rings (SSSR count). The third-order valence-corrected chi connectivity index (χ3v) is 4.77.